The van der Waals surface area contributed by atoms with E-state index in [2.05, 4.69) is 5.32 Å². The molecular weight excluding hydrogens is 364 g/mol. The number of carbonyl (C=O) groups excluding carboxylic acids is 1. The van der Waals surface area contributed by atoms with Crippen molar-refractivity contribution >= 4 is 21.6 Å². The van der Waals surface area contributed by atoms with Gasteiger partial charge in [0.1, 0.15) is 5.75 Å². The van der Waals surface area contributed by atoms with Crippen molar-refractivity contribution in [1.29, 1.82) is 0 Å². The number of nitrogens with zero attached hydrogens (tertiary/aromatic N) is 1. The molecule has 1 N–H and O–H groups in total. The van der Waals surface area contributed by atoms with Crippen LogP contribution in [0.1, 0.15) is 25.8 Å². The van der Waals surface area contributed by atoms with Crippen molar-refractivity contribution in [2.75, 3.05) is 10.8 Å². The van der Waals surface area contributed by atoms with Crippen LogP contribution in [0.25, 0.3) is 0 Å². The molecule has 2 aromatic carbocycles. The summed E-state index contributed by atoms with van der Waals surface area (Å²) in [7, 11) is -3.82. The van der Waals surface area contributed by atoms with Gasteiger partial charge in [0.05, 0.1) is 17.1 Å². The van der Waals surface area contributed by atoms with Crippen LogP contribution in [0.15, 0.2) is 53.4 Å². The summed E-state index contributed by atoms with van der Waals surface area (Å²) in [4.78, 5) is 12.8. The second-order valence-corrected chi connectivity index (χ2v) is 8.60. The van der Waals surface area contributed by atoms with E-state index in [-0.39, 0.29) is 23.4 Å². The highest BCUT2D eigenvalue weighted by molar-refractivity contribution is 7.92. The molecule has 1 aliphatic rings. The zero-order valence-electron chi connectivity index (χ0n) is 15.7. The van der Waals surface area contributed by atoms with Gasteiger partial charge in [-0.05, 0) is 44.5 Å². The van der Waals surface area contributed by atoms with Gasteiger partial charge in [0.25, 0.3) is 15.9 Å². The Morgan fingerprint density at radius 1 is 1.22 bits per heavy atom. The molecule has 2 unspecified atom stereocenters. The molecule has 144 valence electrons. The standard InChI is InChI=1S/C20H24N2O4S/c1-4-15(3)21-20(23)19-13-22(17-7-5-6-8-18(17)26-19)27(24,25)16-11-9-14(2)10-12-16/h5-12,15,19H,4,13H2,1-3H3,(H,21,23). The Bertz CT molecular complexity index is 925. The zero-order chi connectivity index (χ0) is 19.6. The molecule has 2 aromatic rings. The van der Waals surface area contributed by atoms with E-state index in [0.717, 1.165) is 12.0 Å². The monoisotopic (exact) mass is 388 g/mol. The molecule has 2 atom stereocenters. The molecule has 1 heterocycles. The number of rotatable bonds is 5. The number of carbonyl (C=O) groups is 1. The molecule has 0 saturated heterocycles. The van der Waals surface area contributed by atoms with Gasteiger partial charge in [0.2, 0.25) is 0 Å². The number of hydrogen-bond donors (Lipinski definition) is 1. The number of hydrogen-bond acceptors (Lipinski definition) is 4. The lowest BCUT2D eigenvalue weighted by atomic mass is 10.2. The second-order valence-electron chi connectivity index (χ2n) is 6.74. The van der Waals surface area contributed by atoms with Gasteiger partial charge in [0.15, 0.2) is 6.10 Å². The van der Waals surface area contributed by atoms with Gasteiger partial charge < -0.3 is 10.1 Å². The second kappa shape index (κ2) is 7.60. The van der Waals surface area contributed by atoms with Gasteiger partial charge >= 0.3 is 0 Å². The maximum Gasteiger partial charge on any atom is 0.264 e. The first-order valence-electron chi connectivity index (χ1n) is 8.98. The number of nitrogens with one attached hydrogen (secondary N) is 1. The average Bonchev–Trinajstić information content (AvgIpc) is 2.67. The fraction of sp³-hybridized carbons (Fsp3) is 0.350. The minimum Gasteiger partial charge on any atom is -0.476 e. The van der Waals surface area contributed by atoms with Crippen LogP contribution < -0.4 is 14.4 Å². The van der Waals surface area contributed by atoms with Gasteiger partial charge in [-0.2, -0.15) is 0 Å². The van der Waals surface area contributed by atoms with Crippen molar-refractivity contribution < 1.29 is 17.9 Å². The fourth-order valence-corrected chi connectivity index (χ4v) is 4.32. The first kappa shape index (κ1) is 19.2. The molecule has 6 nitrogen and oxygen atoms in total. The fourth-order valence-electron chi connectivity index (χ4n) is 2.84. The number of aryl methyl sites for hydroxylation is 1. The van der Waals surface area contributed by atoms with Crippen LogP contribution in [0.5, 0.6) is 5.75 Å². The van der Waals surface area contributed by atoms with E-state index >= 15 is 0 Å². The Labute approximate surface area is 160 Å². The number of sulfonamides is 1. The van der Waals surface area contributed by atoms with E-state index in [1.807, 2.05) is 20.8 Å². The van der Waals surface area contributed by atoms with E-state index in [1.54, 1.807) is 48.5 Å². The van der Waals surface area contributed by atoms with Gasteiger partial charge in [-0.1, -0.05) is 36.8 Å². The molecule has 7 heteroatoms. The first-order valence-corrected chi connectivity index (χ1v) is 10.4. The molecule has 0 spiro atoms. The molecular formula is C20H24N2O4S. The predicted molar refractivity (Wildman–Crippen MR) is 104 cm³/mol. The lowest BCUT2D eigenvalue weighted by Crippen LogP contribution is -2.52. The molecule has 1 aliphatic heterocycles. The summed E-state index contributed by atoms with van der Waals surface area (Å²) < 4.78 is 33.6. The molecule has 0 bridgehead atoms. The van der Waals surface area contributed by atoms with E-state index in [0.29, 0.717) is 11.4 Å². The van der Waals surface area contributed by atoms with Crippen molar-refractivity contribution in [2.24, 2.45) is 0 Å². The largest absolute Gasteiger partial charge is 0.476 e. The lowest BCUT2D eigenvalue weighted by Gasteiger charge is -2.35. The van der Waals surface area contributed by atoms with Crippen molar-refractivity contribution in [3.8, 4) is 5.75 Å². The third-order valence-corrected chi connectivity index (χ3v) is 6.43. The van der Waals surface area contributed by atoms with Crippen LogP contribution >= 0.6 is 0 Å². The van der Waals surface area contributed by atoms with Gasteiger partial charge in [-0.3, -0.25) is 9.10 Å². The molecule has 0 aromatic heterocycles. The minimum atomic E-state index is -3.82. The quantitative estimate of drug-likeness (QED) is 0.855. The topological polar surface area (TPSA) is 75.7 Å². The third-order valence-electron chi connectivity index (χ3n) is 4.64. The Balaban J connectivity index is 1.98. The maximum atomic E-state index is 13.2. The maximum absolute atomic E-state index is 13.2. The van der Waals surface area contributed by atoms with E-state index in [9.17, 15) is 13.2 Å². The van der Waals surface area contributed by atoms with Crippen LogP contribution in [0.3, 0.4) is 0 Å². The Kier molecular flexibility index (Phi) is 5.41. The number of ether oxygens (including phenoxy) is 1. The van der Waals surface area contributed by atoms with E-state index in [4.69, 9.17) is 4.74 Å². The van der Waals surface area contributed by atoms with Crippen LogP contribution in [0.2, 0.25) is 0 Å². The zero-order valence-corrected chi connectivity index (χ0v) is 16.5. The SMILES string of the molecule is CCC(C)NC(=O)C1CN(S(=O)(=O)c2ccc(C)cc2)c2ccccc2O1. The Morgan fingerprint density at radius 2 is 1.89 bits per heavy atom. The average molecular weight is 388 g/mol. The molecule has 0 aliphatic carbocycles. The van der Waals surface area contributed by atoms with Gasteiger partial charge in [-0.25, -0.2) is 8.42 Å². The number of anilines is 1. The number of amides is 1. The van der Waals surface area contributed by atoms with Crippen LogP contribution in [-0.2, 0) is 14.8 Å². The summed E-state index contributed by atoms with van der Waals surface area (Å²) in [6.07, 6.45) is -0.130. The van der Waals surface area contributed by atoms with Crippen molar-refractivity contribution in [3.63, 3.8) is 0 Å². The van der Waals surface area contributed by atoms with Crippen LogP contribution in [-0.4, -0.2) is 33.0 Å². The van der Waals surface area contributed by atoms with Crippen molar-refractivity contribution in [3.05, 3.63) is 54.1 Å². The Morgan fingerprint density at radius 3 is 2.56 bits per heavy atom. The smallest absolute Gasteiger partial charge is 0.264 e. The first-order chi connectivity index (χ1) is 12.8. The highest BCUT2D eigenvalue weighted by atomic mass is 32.2. The molecule has 1 amide bonds. The molecule has 3 rings (SSSR count). The van der Waals surface area contributed by atoms with Gasteiger partial charge in [-0.15, -0.1) is 0 Å². The number of benzene rings is 2. The summed E-state index contributed by atoms with van der Waals surface area (Å²) in [5.41, 5.74) is 1.41. The minimum absolute atomic E-state index is 0.0135. The number of para-hydroxylation sites is 2. The van der Waals surface area contributed by atoms with E-state index < -0.39 is 16.1 Å². The molecule has 27 heavy (non-hydrogen) atoms. The van der Waals surface area contributed by atoms with E-state index in [1.165, 1.54) is 4.31 Å². The lowest BCUT2D eigenvalue weighted by molar-refractivity contribution is -0.128. The molecule has 0 fully saturated rings. The molecule has 0 radical (unpaired) electrons. The summed E-state index contributed by atoms with van der Waals surface area (Å²) in [5, 5.41) is 2.86. The van der Waals surface area contributed by atoms with Crippen LogP contribution in [0.4, 0.5) is 5.69 Å². The number of fused-ring (bicyclic) bond motifs is 1. The molecule has 0 saturated carbocycles. The van der Waals surface area contributed by atoms with Gasteiger partial charge in [0, 0.05) is 6.04 Å². The third kappa shape index (κ3) is 3.93. The van der Waals surface area contributed by atoms with Crippen molar-refractivity contribution in [2.45, 2.75) is 44.2 Å². The highest BCUT2D eigenvalue weighted by Gasteiger charge is 2.37. The Hall–Kier alpha value is -2.54. The highest BCUT2D eigenvalue weighted by Crippen LogP contribution is 2.36. The summed E-state index contributed by atoms with van der Waals surface area (Å²) in [5.74, 6) is 0.0618. The summed E-state index contributed by atoms with van der Waals surface area (Å²) in [6, 6.07) is 13.5. The van der Waals surface area contributed by atoms with Crippen molar-refractivity contribution in [1.82, 2.24) is 5.32 Å². The summed E-state index contributed by atoms with van der Waals surface area (Å²) >= 11 is 0. The summed E-state index contributed by atoms with van der Waals surface area (Å²) in [6.45, 7) is 5.69. The van der Waals surface area contributed by atoms with Crippen LogP contribution in [0, 0.1) is 6.92 Å². The normalized spacial score (nSPS) is 17.6. The predicted octanol–water partition coefficient (Wildman–Crippen LogP) is 2.87.